The number of alkyl halides is 3. The molecule has 3 saturated heterocycles. The maximum atomic E-state index is 12.5. The lowest BCUT2D eigenvalue weighted by atomic mass is 9.87. The van der Waals surface area contributed by atoms with E-state index in [1.54, 1.807) is 0 Å². The van der Waals surface area contributed by atoms with Crippen molar-refractivity contribution < 1.29 is 17.9 Å². The second-order valence-corrected chi connectivity index (χ2v) is 7.25. The fourth-order valence-corrected chi connectivity index (χ4v) is 4.00. The van der Waals surface area contributed by atoms with Gasteiger partial charge in [-0.15, -0.1) is 24.0 Å². The summed E-state index contributed by atoms with van der Waals surface area (Å²) in [5.74, 6) is 0.847. The highest BCUT2D eigenvalue weighted by Crippen LogP contribution is 2.38. The van der Waals surface area contributed by atoms with Gasteiger partial charge in [0.15, 0.2) is 5.96 Å². The summed E-state index contributed by atoms with van der Waals surface area (Å²) in [5.41, 5.74) is 0.244. The number of hydrogen-bond acceptors (Lipinski definition) is 3. The molecule has 5 nitrogen and oxygen atoms in total. The van der Waals surface area contributed by atoms with Gasteiger partial charge >= 0.3 is 6.18 Å². The molecule has 3 aliphatic heterocycles. The lowest BCUT2D eigenvalue weighted by Crippen LogP contribution is -2.47. The zero-order chi connectivity index (χ0) is 17.2. The molecule has 25 heavy (non-hydrogen) atoms. The van der Waals surface area contributed by atoms with Crippen LogP contribution in [-0.2, 0) is 4.74 Å². The standard InChI is InChI=1S/C16H27F3N4O.HI/c1-2-20-14(23-7-4-15(10-23)5-8-24-12-15)21-13-3-6-22(9-13)11-16(17,18)19;/h13H,2-12H2,1H3,(H,20,21);1H. The maximum absolute atomic E-state index is 12.5. The predicted molar refractivity (Wildman–Crippen MR) is 101 cm³/mol. The molecule has 3 aliphatic rings. The maximum Gasteiger partial charge on any atom is 0.401 e. The molecule has 0 radical (unpaired) electrons. The first-order valence-electron chi connectivity index (χ1n) is 8.82. The minimum absolute atomic E-state index is 0. The molecule has 1 spiro atoms. The Kier molecular flexibility index (Phi) is 7.23. The molecule has 146 valence electrons. The molecule has 0 aromatic heterocycles. The molecule has 3 fully saturated rings. The molecular weight excluding hydrogens is 448 g/mol. The topological polar surface area (TPSA) is 40.1 Å². The third kappa shape index (κ3) is 5.59. The highest BCUT2D eigenvalue weighted by Gasteiger charge is 2.42. The Morgan fingerprint density at radius 3 is 2.76 bits per heavy atom. The van der Waals surface area contributed by atoms with Crippen LogP contribution in [0.2, 0.25) is 0 Å². The molecule has 0 aromatic rings. The molecule has 0 aromatic carbocycles. The average Bonchev–Trinajstić information content (AvgIpc) is 3.21. The summed E-state index contributed by atoms with van der Waals surface area (Å²) in [5, 5.41) is 3.41. The van der Waals surface area contributed by atoms with Crippen molar-refractivity contribution >= 4 is 29.9 Å². The van der Waals surface area contributed by atoms with E-state index in [1.165, 1.54) is 4.90 Å². The molecule has 2 atom stereocenters. The normalized spacial score (nSPS) is 31.0. The number of hydrogen-bond donors (Lipinski definition) is 1. The van der Waals surface area contributed by atoms with E-state index in [0.717, 1.165) is 51.5 Å². The van der Waals surface area contributed by atoms with Gasteiger partial charge in [0.25, 0.3) is 0 Å². The van der Waals surface area contributed by atoms with Crippen molar-refractivity contribution in [1.82, 2.24) is 15.1 Å². The first-order valence-corrected chi connectivity index (χ1v) is 8.82. The van der Waals surface area contributed by atoms with E-state index < -0.39 is 12.7 Å². The summed E-state index contributed by atoms with van der Waals surface area (Å²) in [6.07, 6.45) is -1.21. The van der Waals surface area contributed by atoms with E-state index >= 15 is 0 Å². The van der Waals surface area contributed by atoms with Gasteiger partial charge in [-0.1, -0.05) is 0 Å². The number of nitrogens with one attached hydrogen (secondary N) is 1. The van der Waals surface area contributed by atoms with Crippen molar-refractivity contribution in [2.75, 3.05) is 52.5 Å². The third-order valence-corrected chi connectivity index (χ3v) is 5.24. The average molecular weight is 476 g/mol. The summed E-state index contributed by atoms with van der Waals surface area (Å²) >= 11 is 0. The monoisotopic (exact) mass is 476 g/mol. The lowest BCUT2D eigenvalue weighted by Gasteiger charge is -2.27. The number of ether oxygens (including phenoxy) is 1. The number of nitrogens with zero attached hydrogens (tertiary/aromatic N) is 3. The molecular formula is C16H28F3IN4O. The third-order valence-electron chi connectivity index (χ3n) is 5.24. The molecule has 1 N–H and O–H groups in total. The van der Waals surface area contributed by atoms with Crippen molar-refractivity contribution in [2.45, 2.75) is 38.4 Å². The van der Waals surface area contributed by atoms with Crippen LogP contribution in [0.4, 0.5) is 13.2 Å². The smallest absolute Gasteiger partial charge is 0.381 e. The van der Waals surface area contributed by atoms with E-state index in [0.29, 0.717) is 19.6 Å². The summed E-state index contributed by atoms with van der Waals surface area (Å²) < 4.78 is 43.1. The number of halogens is 4. The van der Waals surface area contributed by atoms with E-state index in [2.05, 4.69) is 15.2 Å². The highest BCUT2D eigenvalue weighted by atomic mass is 127. The van der Waals surface area contributed by atoms with Gasteiger partial charge in [0, 0.05) is 50.8 Å². The van der Waals surface area contributed by atoms with Gasteiger partial charge in [-0.25, -0.2) is 0 Å². The van der Waals surface area contributed by atoms with E-state index in [1.807, 2.05) is 6.92 Å². The zero-order valence-corrected chi connectivity index (χ0v) is 17.0. The minimum atomic E-state index is -4.13. The first-order chi connectivity index (χ1) is 11.4. The molecule has 0 saturated carbocycles. The Balaban J connectivity index is 0.00000225. The Morgan fingerprint density at radius 1 is 1.32 bits per heavy atom. The molecule has 9 heteroatoms. The van der Waals surface area contributed by atoms with Gasteiger partial charge in [-0.2, -0.15) is 13.2 Å². The van der Waals surface area contributed by atoms with Crippen LogP contribution in [0.3, 0.4) is 0 Å². The molecule has 0 amide bonds. The second-order valence-electron chi connectivity index (χ2n) is 7.25. The quantitative estimate of drug-likeness (QED) is 0.386. The highest BCUT2D eigenvalue weighted by molar-refractivity contribution is 14.0. The van der Waals surface area contributed by atoms with Gasteiger partial charge in [-0.3, -0.25) is 9.89 Å². The fraction of sp³-hybridized carbons (Fsp3) is 0.938. The molecule has 0 aliphatic carbocycles. The number of guanidine groups is 1. The Hall–Kier alpha value is -0.290. The Bertz CT molecular complexity index is 469. The van der Waals surface area contributed by atoms with Crippen molar-refractivity contribution in [1.29, 1.82) is 0 Å². The van der Waals surface area contributed by atoms with Crippen LogP contribution in [0.15, 0.2) is 4.99 Å². The summed E-state index contributed by atoms with van der Waals surface area (Å²) in [7, 11) is 0. The van der Waals surface area contributed by atoms with Crippen LogP contribution in [0, 0.1) is 5.41 Å². The van der Waals surface area contributed by atoms with Gasteiger partial charge in [0.2, 0.25) is 0 Å². The molecule has 3 rings (SSSR count). The number of rotatable bonds is 3. The van der Waals surface area contributed by atoms with Crippen LogP contribution in [0.1, 0.15) is 26.2 Å². The van der Waals surface area contributed by atoms with Crippen LogP contribution in [-0.4, -0.2) is 80.5 Å². The van der Waals surface area contributed by atoms with Crippen molar-refractivity contribution in [2.24, 2.45) is 10.4 Å². The minimum Gasteiger partial charge on any atom is -0.381 e. The Labute approximate surface area is 164 Å². The van der Waals surface area contributed by atoms with Crippen molar-refractivity contribution in [3.05, 3.63) is 0 Å². The van der Waals surface area contributed by atoms with Crippen LogP contribution < -0.4 is 5.32 Å². The lowest BCUT2D eigenvalue weighted by molar-refractivity contribution is -0.143. The first kappa shape index (κ1) is 21.0. The van der Waals surface area contributed by atoms with Gasteiger partial charge in [-0.05, 0) is 26.2 Å². The predicted octanol–water partition coefficient (Wildman–Crippen LogP) is 2.32. The molecule has 0 bridgehead atoms. The van der Waals surface area contributed by atoms with Crippen LogP contribution >= 0.6 is 24.0 Å². The zero-order valence-electron chi connectivity index (χ0n) is 14.6. The second kappa shape index (κ2) is 8.60. The van der Waals surface area contributed by atoms with Crippen LogP contribution in [0.25, 0.3) is 0 Å². The largest absolute Gasteiger partial charge is 0.401 e. The van der Waals surface area contributed by atoms with Crippen LogP contribution in [0.5, 0.6) is 0 Å². The molecule has 3 heterocycles. The van der Waals surface area contributed by atoms with E-state index in [9.17, 15) is 13.2 Å². The van der Waals surface area contributed by atoms with Gasteiger partial charge in [0.05, 0.1) is 13.2 Å². The van der Waals surface area contributed by atoms with Gasteiger partial charge in [0.1, 0.15) is 0 Å². The SMILES string of the molecule is CCN=C(NC1CCN(CC(F)(F)F)C1)N1CCC2(CCOC2)C1.I. The summed E-state index contributed by atoms with van der Waals surface area (Å²) in [4.78, 5) is 8.30. The fourth-order valence-electron chi connectivity index (χ4n) is 4.00. The molecule has 2 unspecified atom stereocenters. The van der Waals surface area contributed by atoms with E-state index in [4.69, 9.17) is 4.74 Å². The summed E-state index contributed by atoms with van der Waals surface area (Å²) in [6.45, 7) is 6.24. The number of aliphatic imine (C=N–C) groups is 1. The van der Waals surface area contributed by atoms with Crippen molar-refractivity contribution in [3.63, 3.8) is 0 Å². The van der Waals surface area contributed by atoms with Gasteiger partial charge < -0.3 is 15.0 Å². The Morgan fingerprint density at radius 2 is 2.12 bits per heavy atom. The summed E-state index contributed by atoms with van der Waals surface area (Å²) in [6, 6.07) is 0.0361. The van der Waals surface area contributed by atoms with Crippen molar-refractivity contribution in [3.8, 4) is 0 Å². The number of likely N-dealkylation sites (tertiary alicyclic amines) is 2. The van der Waals surface area contributed by atoms with E-state index in [-0.39, 0.29) is 35.4 Å².